The van der Waals surface area contributed by atoms with E-state index in [4.69, 9.17) is 10.2 Å². The second-order valence-electron chi connectivity index (χ2n) is 4.22. The lowest BCUT2D eigenvalue weighted by Crippen LogP contribution is -2.11. The van der Waals surface area contributed by atoms with Gasteiger partial charge in [0.2, 0.25) is 0 Å². The van der Waals surface area contributed by atoms with Crippen LogP contribution in [0.1, 0.15) is 36.6 Å². The fourth-order valence-corrected chi connectivity index (χ4v) is 1.86. The molecule has 0 saturated heterocycles. The Morgan fingerprint density at radius 3 is 2.00 bits per heavy atom. The Hall–Kier alpha value is -3.15. The minimum absolute atomic E-state index is 0.0527. The quantitative estimate of drug-likeness (QED) is 0.741. The van der Waals surface area contributed by atoms with Crippen molar-refractivity contribution in [3.8, 4) is 5.75 Å². The van der Waals surface area contributed by atoms with E-state index < -0.39 is 23.3 Å². The van der Waals surface area contributed by atoms with Gasteiger partial charge in [-0.05, 0) is 30.3 Å². The zero-order valence-electron chi connectivity index (χ0n) is 10.6. The number of carbonyl (C=O) groups excluding carboxylic acids is 1. The van der Waals surface area contributed by atoms with Crippen LogP contribution in [0, 0.1) is 0 Å². The largest absolute Gasteiger partial charge is 0.507 e. The lowest BCUT2D eigenvalue weighted by molar-refractivity contribution is 0.0692. The molecule has 21 heavy (non-hydrogen) atoms. The van der Waals surface area contributed by atoms with E-state index in [0.29, 0.717) is 0 Å². The van der Waals surface area contributed by atoms with Crippen LogP contribution in [0.25, 0.3) is 0 Å². The Morgan fingerprint density at radius 2 is 1.43 bits per heavy atom. The van der Waals surface area contributed by atoms with Crippen molar-refractivity contribution in [2.24, 2.45) is 0 Å². The predicted molar refractivity (Wildman–Crippen MR) is 71.9 cm³/mol. The third kappa shape index (κ3) is 2.74. The van der Waals surface area contributed by atoms with E-state index in [-0.39, 0.29) is 22.4 Å². The Kier molecular flexibility index (Phi) is 3.71. The van der Waals surface area contributed by atoms with E-state index in [2.05, 4.69) is 0 Å². The Morgan fingerprint density at radius 1 is 0.762 bits per heavy atom. The summed E-state index contributed by atoms with van der Waals surface area (Å²) >= 11 is 0. The van der Waals surface area contributed by atoms with Crippen molar-refractivity contribution < 1.29 is 29.7 Å². The average Bonchev–Trinajstić information content (AvgIpc) is 2.46. The summed E-state index contributed by atoms with van der Waals surface area (Å²) in [6.07, 6.45) is 0. The Labute approximate surface area is 118 Å². The molecule has 6 heteroatoms. The maximum absolute atomic E-state index is 12.3. The monoisotopic (exact) mass is 286 g/mol. The van der Waals surface area contributed by atoms with Gasteiger partial charge in [0.15, 0.2) is 5.78 Å². The number of hydrogen-bond donors (Lipinski definition) is 3. The van der Waals surface area contributed by atoms with Crippen LogP contribution in [-0.4, -0.2) is 33.0 Å². The van der Waals surface area contributed by atoms with Crippen LogP contribution >= 0.6 is 0 Å². The van der Waals surface area contributed by atoms with E-state index in [1.54, 1.807) is 0 Å². The molecule has 2 aromatic rings. The first-order chi connectivity index (χ1) is 9.91. The number of phenolic OH excluding ortho intramolecular Hbond substituents is 1. The molecule has 0 amide bonds. The van der Waals surface area contributed by atoms with Crippen molar-refractivity contribution in [1.82, 2.24) is 0 Å². The number of ketones is 1. The summed E-state index contributed by atoms with van der Waals surface area (Å²) in [7, 11) is 0. The second kappa shape index (κ2) is 5.46. The first kappa shape index (κ1) is 14.3. The summed E-state index contributed by atoms with van der Waals surface area (Å²) in [5.41, 5.74) is -0.901. The molecule has 2 aromatic carbocycles. The van der Waals surface area contributed by atoms with Crippen LogP contribution in [0.2, 0.25) is 0 Å². The highest BCUT2D eigenvalue weighted by molar-refractivity contribution is 6.16. The summed E-state index contributed by atoms with van der Waals surface area (Å²) in [6.45, 7) is 0. The molecule has 0 aromatic heterocycles. The summed E-state index contributed by atoms with van der Waals surface area (Å²) in [6, 6.07) is 8.89. The highest BCUT2D eigenvalue weighted by atomic mass is 16.4. The molecule has 0 radical (unpaired) electrons. The van der Waals surface area contributed by atoms with Crippen molar-refractivity contribution in [1.29, 1.82) is 0 Å². The molecule has 0 spiro atoms. The number of carboxylic acids is 2. The third-order valence-corrected chi connectivity index (χ3v) is 2.89. The highest BCUT2D eigenvalue weighted by Crippen LogP contribution is 2.22. The molecule has 0 saturated carbocycles. The first-order valence-corrected chi connectivity index (χ1v) is 5.85. The van der Waals surface area contributed by atoms with Gasteiger partial charge in [-0.1, -0.05) is 12.1 Å². The van der Waals surface area contributed by atoms with Gasteiger partial charge in [-0.2, -0.15) is 0 Å². The normalized spacial score (nSPS) is 10.1. The molecule has 3 N–H and O–H groups in total. The minimum Gasteiger partial charge on any atom is -0.507 e. The summed E-state index contributed by atoms with van der Waals surface area (Å²) in [4.78, 5) is 34.4. The van der Waals surface area contributed by atoms with Gasteiger partial charge in [0.1, 0.15) is 5.75 Å². The topological polar surface area (TPSA) is 112 Å². The van der Waals surface area contributed by atoms with E-state index in [1.165, 1.54) is 24.3 Å². The van der Waals surface area contributed by atoms with Gasteiger partial charge in [-0.3, -0.25) is 4.79 Å². The number of carbonyl (C=O) groups is 3. The number of aromatic hydroxyl groups is 1. The smallest absolute Gasteiger partial charge is 0.336 e. The van der Waals surface area contributed by atoms with E-state index in [1.807, 2.05) is 0 Å². The molecule has 0 fully saturated rings. The van der Waals surface area contributed by atoms with Gasteiger partial charge < -0.3 is 15.3 Å². The van der Waals surface area contributed by atoms with Crippen molar-refractivity contribution in [3.63, 3.8) is 0 Å². The van der Waals surface area contributed by atoms with Crippen LogP contribution in [0.15, 0.2) is 42.5 Å². The minimum atomic E-state index is -1.42. The summed E-state index contributed by atoms with van der Waals surface area (Å²) in [5, 5.41) is 27.6. The number of benzene rings is 2. The summed E-state index contributed by atoms with van der Waals surface area (Å²) in [5.74, 6) is -3.68. The van der Waals surface area contributed by atoms with Gasteiger partial charge >= 0.3 is 11.9 Å². The molecule has 0 bridgehead atoms. The van der Waals surface area contributed by atoms with Crippen LogP contribution in [0.5, 0.6) is 5.75 Å². The van der Waals surface area contributed by atoms with Crippen LogP contribution in [0.3, 0.4) is 0 Å². The molecule has 0 atom stereocenters. The van der Waals surface area contributed by atoms with Gasteiger partial charge in [0.05, 0.1) is 16.7 Å². The number of carboxylic acid groups (broad SMARTS) is 2. The predicted octanol–water partition coefficient (Wildman–Crippen LogP) is 2.02. The average molecular weight is 286 g/mol. The van der Waals surface area contributed by atoms with E-state index >= 15 is 0 Å². The maximum atomic E-state index is 12.3. The van der Waals surface area contributed by atoms with Crippen molar-refractivity contribution in [2.75, 3.05) is 0 Å². The number of aromatic carboxylic acids is 2. The molecule has 0 heterocycles. The first-order valence-electron chi connectivity index (χ1n) is 5.85. The van der Waals surface area contributed by atoms with Crippen LogP contribution in [-0.2, 0) is 0 Å². The molecule has 0 unspecified atom stereocenters. The number of phenols is 1. The van der Waals surface area contributed by atoms with Crippen LogP contribution < -0.4 is 0 Å². The zero-order valence-corrected chi connectivity index (χ0v) is 10.6. The maximum Gasteiger partial charge on any atom is 0.336 e. The number of para-hydroxylation sites is 1. The highest BCUT2D eigenvalue weighted by Gasteiger charge is 2.21. The van der Waals surface area contributed by atoms with Gasteiger partial charge in [-0.25, -0.2) is 9.59 Å². The molecule has 0 aliphatic carbocycles. The molecular formula is C15H10O6. The van der Waals surface area contributed by atoms with Crippen molar-refractivity contribution in [2.45, 2.75) is 0 Å². The molecule has 0 aliphatic rings. The third-order valence-electron chi connectivity index (χ3n) is 2.89. The van der Waals surface area contributed by atoms with Crippen LogP contribution in [0.4, 0.5) is 0 Å². The standard InChI is InChI=1S/C15H10O6/c16-12-4-2-1-3-10(12)13(17)9-6-5-8(14(18)19)7-11(9)15(20)21/h1-7,16H,(H,18,19)(H,20,21). The fraction of sp³-hybridized carbons (Fsp3) is 0. The summed E-state index contributed by atoms with van der Waals surface area (Å²) < 4.78 is 0. The fourth-order valence-electron chi connectivity index (χ4n) is 1.86. The molecule has 0 aliphatic heterocycles. The number of hydrogen-bond acceptors (Lipinski definition) is 4. The molecule has 106 valence electrons. The van der Waals surface area contributed by atoms with Gasteiger partial charge in [-0.15, -0.1) is 0 Å². The van der Waals surface area contributed by atoms with E-state index in [9.17, 15) is 19.5 Å². The number of rotatable bonds is 4. The molecule has 2 rings (SSSR count). The van der Waals surface area contributed by atoms with Crippen molar-refractivity contribution in [3.05, 3.63) is 64.7 Å². The van der Waals surface area contributed by atoms with Gasteiger partial charge in [0, 0.05) is 5.56 Å². The molecule has 6 nitrogen and oxygen atoms in total. The Bertz CT molecular complexity index is 748. The Balaban J connectivity index is 2.58. The molecular weight excluding hydrogens is 276 g/mol. The SMILES string of the molecule is O=C(O)c1ccc(C(=O)c2ccccc2O)c(C(=O)O)c1. The lowest BCUT2D eigenvalue weighted by atomic mass is 9.96. The zero-order chi connectivity index (χ0) is 15.6. The second-order valence-corrected chi connectivity index (χ2v) is 4.22. The van der Waals surface area contributed by atoms with Gasteiger partial charge in [0.25, 0.3) is 0 Å². The van der Waals surface area contributed by atoms with E-state index in [0.717, 1.165) is 18.2 Å². The van der Waals surface area contributed by atoms with Crippen molar-refractivity contribution >= 4 is 17.7 Å². The lowest BCUT2D eigenvalue weighted by Gasteiger charge is -2.08.